The molecule has 0 unspecified atom stereocenters. The molecule has 0 atom stereocenters. The van der Waals surface area contributed by atoms with Gasteiger partial charge in [-0.15, -0.1) is 0 Å². The second kappa shape index (κ2) is 6.12. The lowest BCUT2D eigenvalue weighted by molar-refractivity contribution is -0.648. The van der Waals surface area contributed by atoms with Crippen molar-refractivity contribution in [3.63, 3.8) is 0 Å². The smallest absolute Gasteiger partial charge is 0.264 e. The highest BCUT2D eigenvalue weighted by Gasteiger charge is 2.37. The molecule has 2 aromatic carbocycles. The minimum atomic E-state index is 0.797. The highest BCUT2D eigenvalue weighted by atomic mass is 15.3. The third-order valence-electron chi connectivity index (χ3n) is 6.17. The molecule has 6 aromatic rings. The SMILES string of the molecule is c1ccc(-n2c3[n+](c4c2c2cnccc2n4-c2ccccc2)Cc2cnccc2-3)cc1. The van der Waals surface area contributed by atoms with E-state index < -0.39 is 0 Å². The molecular formula is C26H18N5+. The van der Waals surface area contributed by atoms with Gasteiger partial charge in [-0.05, 0) is 36.4 Å². The Morgan fingerprint density at radius 1 is 0.710 bits per heavy atom. The Kier molecular flexibility index (Phi) is 3.27. The molecule has 5 nitrogen and oxygen atoms in total. The Labute approximate surface area is 178 Å². The van der Waals surface area contributed by atoms with Crippen molar-refractivity contribution < 1.29 is 4.57 Å². The van der Waals surface area contributed by atoms with Crippen molar-refractivity contribution in [1.29, 1.82) is 0 Å². The summed E-state index contributed by atoms with van der Waals surface area (Å²) >= 11 is 0. The average Bonchev–Trinajstić information content (AvgIpc) is 3.47. The molecule has 5 heteroatoms. The van der Waals surface area contributed by atoms with Crippen LogP contribution in [0.15, 0.2) is 97.6 Å². The van der Waals surface area contributed by atoms with E-state index in [-0.39, 0.29) is 0 Å². The predicted molar refractivity (Wildman–Crippen MR) is 120 cm³/mol. The van der Waals surface area contributed by atoms with E-state index >= 15 is 0 Å². The molecule has 146 valence electrons. The first-order valence-electron chi connectivity index (χ1n) is 10.4. The van der Waals surface area contributed by atoms with Gasteiger partial charge in [-0.3, -0.25) is 9.97 Å². The molecule has 0 aliphatic carbocycles. The molecule has 0 saturated carbocycles. The maximum Gasteiger partial charge on any atom is 0.275 e. The fourth-order valence-corrected chi connectivity index (χ4v) is 4.93. The Bertz CT molecular complexity index is 1590. The van der Waals surface area contributed by atoms with Crippen molar-refractivity contribution in [2.75, 3.05) is 0 Å². The van der Waals surface area contributed by atoms with E-state index in [0.717, 1.165) is 28.8 Å². The van der Waals surface area contributed by atoms with E-state index in [1.54, 1.807) is 0 Å². The second-order valence-corrected chi connectivity index (χ2v) is 7.85. The molecule has 0 spiro atoms. The van der Waals surface area contributed by atoms with Gasteiger partial charge in [-0.25, -0.2) is 13.7 Å². The quantitative estimate of drug-likeness (QED) is 0.395. The zero-order chi connectivity index (χ0) is 20.4. The standard InChI is InChI=1S/C26H18N5/c1-3-7-19(8-4-1)30-23-12-14-28-16-22(23)24-26(30)29-17-18-15-27-13-11-21(18)25(29)31(24)20-9-5-2-6-10-20/h1-16H,17H2/q+1. The van der Waals surface area contributed by atoms with Crippen LogP contribution in [0.25, 0.3) is 44.8 Å². The maximum absolute atomic E-state index is 4.49. The molecule has 1 aliphatic rings. The van der Waals surface area contributed by atoms with Crippen LogP contribution in [-0.2, 0) is 6.54 Å². The first-order chi connectivity index (χ1) is 15.4. The number of imidazole rings is 1. The van der Waals surface area contributed by atoms with Crippen LogP contribution in [0.5, 0.6) is 0 Å². The van der Waals surface area contributed by atoms with E-state index in [0.29, 0.717) is 0 Å². The van der Waals surface area contributed by atoms with Crippen LogP contribution in [-0.4, -0.2) is 19.1 Å². The lowest BCUT2D eigenvalue weighted by Crippen LogP contribution is -2.33. The third kappa shape index (κ3) is 2.17. The van der Waals surface area contributed by atoms with E-state index in [9.17, 15) is 0 Å². The van der Waals surface area contributed by atoms with Crippen LogP contribution < -0.4 is 4.57 Å². The highest BCUT2D eigenvalue weighted by Crippen LogP contribution is 2.38. The summed E-state index contributed by atoms with van der Waals surface area (Å²) in [6, 6.07) is 25.4. The van der Waals surface area contributed by atoms with Gasteiger partial charge in [-0.1, -0.05) is 36.4 Å². The maximum atomic E-state index is 4.49. The monoisotopic (exact) mass is 400 g/mol. The minimum Gasteiger partial charge on any atom is -0.264 e. The van der Waals surface area contributed by atoms with Crippen LogP contribution in [0.4, 0.5) is 0 Å². The zero-order valence-corrected chi connectivity index (χ0v) is 16.7. The van der Waals surface area contributed by atoms with Gasteiger partial charge >= 0.3 is 0 Å². The summed E-state index contributed by atoms with van der Waals surface area (Å²) in [5, 5.41) is 1.14. The molecule has 0 bridgehead atoms. The Morgan fingerprint density at radius 3 is 2.16 bits per heavy atom. The number of nitrogens with zero attached hydrogens (tertiary/aromatic N) is 5. The molecule has 0 saturated heterocycles. The van der Waals surface area contributed by atoms with Gasteiger partial charge in [0.15, 0.2) is 5.52 Å². The summed E-state index contributed by atoms with van der Waals surface area (Å²) in [6.07, 6.45) is 7.73. The number of rotatable bonds is 2. The third-order valence-corrected chi connectivity index (χ3v) is 6.17. The molecule has 7 rings (SSSR count). The van der Waals surface area contributed by atoms with Crippen LogP contribution in [0.3, 0.4) is 0 Å². The van der Waals surface area contributed by atoms with Crippen LogP contribution in [0.2, 0.25) is 0 Å². The average molecular weight is 400 g/mol. The van der Waals surface area contributed by atoms with Crippen molar-refractivity contribution in [2.24, 2.45) is 0 Å². The summed E-state index contributed by atoms with van der Waals surface area (Å²) in [7, 11) is 0. The summed E-state index contributed by atoms with van der Waals surface area (Å²) < 4.78 is 7.15. The molecular weight excluding hydrogens is 382 g/mol. The van der Waals surface area contributed by atoms with Gasteiger partial charge in [0.25, 0.3) is 5.65 Å². The van der Waals surface area contributed by atoms with Gasteiger partial charge < -0.3 is 0 Å². The molecule has 0 amide bonds. The van der Waals surface area contributed by atoms with Crippen molar-refractivity contribution in [3.8, 4) is 22.8 Å². The molecule has 5 heterocycles. The van der Waals surface area contributed by atoms with E-state index in [1.165, 1.54) is 28.1 Å². The topological polar surface area (TPSA) is 39.5 Å². The van der Waals surface area contributed by atoms with Gasteiger partial charge in [0.2, 0.25) is 5.82 Å². The highest BCUT2D eigenvalue weighted by molar-refractivity contribution is 6.06. The fourth-order valence-electron chi connectivity index (χ4n) is 4.93. The number of para-hydroxylation sites is 2. The summed E-state index contributed by atoms with van der Waals surface area (Å²) in [6.45, 7) is 0.797. The fraction of sp³-hybridized carbons (Fsp3) is 0.0385. The number of aromatic nitrogens is 5. The first kappa shape index (κ1) is 16.5. The van der Waals surface area contributed by atoms with Gasteiger partial charge in [0.05, 0.1) is 17.5 Å². The molecule has 0 N–H and O–H groups in total. The Morgan fingerprint density at radius 2 is 1.39 bits per heavy atom. The first-order valence-corrected chi connectivity index (χ1v) is 10.4. The summed E-state index contributed by atoms with van der Waals surface area (Å²) in [5.41, 5.74) is 8.25. The van der Waals surface area contributed by atoms with E-state index in [4.69, 9.17) is 0 Å². The van der Waals surface area contributed by atoms with Crippen LogP contribution in [0.1, 0.15) is 5.56 Å². The van der Waals surface area contributed by atoms with Crippen LogP contribution >= 0.6 is 0 Å². The normalized spacial score (nSPS) is 12.4. The summed E-state index contributed by atoms with van der Waals surface area (Å²) in [5.74, 6) is 1.18. The van der Waals surface area contributed by atoms with Gasteiger partial charge in [-0.2, -0.15) is 0 Å². The molecule has 0 fully saturated rings. The van der Waals surface area contributed by atoms with E-state index in [1.807, 2.05) is 24.8 Å². The lowest BCUT2D eigenvalue weighted by atomic mass is 10.1. The Hall–Kier alpha value is -4.25. The molecule has 0 radical (unpaired) electrons. The Balaban J connectivity index is 1.73. The van der Waals surface area contributed by atoms with Crippen molar-refractivity contribution >= 4 is 22.1 Å². The largest absolute Gasteiger partial charge is 0.275 e. The van der Waals surface area contributed by atoms with Gasteiger partial charge in [0, 0.05) is 30.4 Å². The molecule has 1 aliphatic heterocycles. The number of hydrogen-bond acceptors (Lipinski definition) is 2. The number of fused-ring (bicyclic) bond motifs is 7. The minimum absolute atomic E-state index is 0.797. The van der Waals surface area contributed by atoms with E-state index in [2.05, 4.69) is 96.5 Å². The predicted octanol–water partition coefficient (Wildman–Crippen LogP) is 4.68. The summed E-state index contributed by atoms with van der Waals surface area (Å²) in [4.78, 5) is 8.87. The number of hydrogen-bond donors (Lipinski definition) is 0. The second-order valence-electron chi connectivity index (χ2n) is 7.85. The molecule has 31 heavy (non-hydrogen) atoms. The van der Waals surface area contributed by atoms with Crippen LogP contribution in [0, 0.1) is 0 Å². The lowest BCUT2D eigenvalue weighted by Gasteiger charge is -2.04. The zero-order valence-electron chi connectivity index (χ0n) is 16.7. The van der Waals surface area contributed by atoms with Gasteiger partial charge in [0.1, 0.15) is 16.9 Å². The van der Waals surface area contributed by atoms with Crippen molar-refractivity contribution in [2.45, 2.75) is 6.54 Å². The number of benzene rings is 2. The molecule has 4 aromatic heterocycles. The van der Waals surface area contributed by atoms with Crippen molar-refractivity contribution in [1.82, 2.24) is 19.1 Å². The van der Waals surface area contributed by atoms with Crippen molar-refractivity contribution in [3.05, 3.63) is 103 Å². The number of pyridine rings is 2.